The number of nitro groups is 1. The van der Waals surface area contributed by atoms with E-state index in [1.807, 2.05) is 30.3 Å². The molecule has 1 aromatic rings. The van der Waals surface area contributed by atoms with Crippen molar-refractivity contribution in [3.63, 3.8) is 0 Å². The van der Waals surface area contributed by atoms with E-state index in [0.717, 1.165) is 11.8 Å². The number of rotatable bonds is 8. The SMILES string of the molecule is C=CCC[C@@H](C=O)[C@H](C[N+](=O)[O-])c1ccccc1. The minimum absolute atomic E-state index is 0.218. The lowest BCUT2D eigenvalue weighted by Crippen LogP contribution is -2.22. The molecule has 0 amide bonds. The Morgan fingerprint density at radius 2 is 2.00 bits per heavy atom. The molecule has 0 radical (unpaired) electrons. The van der Waals surface area contributed by atoms with E-state index in [9.17, 15) is 14.9 Å². The predicted octanol–water partition coefficient (Wildman–Crippen LogP) is 2.83. The molecule has 0 N–H and O–H groups in total. The summed E-state index contributed by atoms with van der Waals surface area (Å²) in [4.78, 5) is 21.5. The van der Waals surface area contributed by atoms with Gasteiger partial charge in [-0.15, -0.1) is 6.58 Å². The normalized spacial score (nSPS) is 13.6. The van der Waals surface area contributed by atoms with Crippen LogP contribution < -0.4 is 0 Å². The minimum atomic E-state index is -0.362. The molecular formula is C14H17NO3. The molecule has 0 unspecified atom stereocenters. The van der Waals surface area contributed by atoms with Crippen molar-refractivity contribution >= 4 is 6.29 Å². The lowest BCUT2D eigenvalue weighted by Gasteiger charge is -2.19. The van der Waals surface area contributed by atoms with Crippen LogP contribution in [0.2, 0.25) is 0 Å². The van der Waals surface area contributed by atoms with E-state index >= 15 is 0 Å². The van der Waals surface area contributed by atoms with Crippen molar-refractivity contribution in [2.24, 2.45) is 5.92 Å². The maximum absolute atomic E-state index is 11.2. The summed E-state index contributed by atoms with van der Waals surface area (Å²) < 4.78 is 0. The second-order valence-corrected chi connectivity index (χ2v) is 4.20. The Morgan fingerprint density at radius 1 is 1.33 bits per heavy atom. The molecule has 0 saturated carbocycles. The summed E-state index contributed by atoms with van der Waals surface area (Å²) in [5.74, 6) is -0.700. The van der Waals surface area contributed by atoms with Gasteiger partial charge in [-0.3, -0.25) is 10.1 Å². The smallest absolute Gasteiger partial charge is 0.211 e. The Kier molecular flexibility index (Phi) is 5.77. The van der Waals surface area contributed by atoms with Crippen LogP contribution in [-0.4, -0.2) is 17.8 Å². The number of carbonyl (C=O) groups is 1. The number of nitrogens with zero attached hydrogens (tertiary/aromatic N) is 1. The average molecular weight is 247 g/mol. The molecule has 0 heterocycles. The molecule has 0 aromatic heterocycles. The number of hydrogen-bond acceptors (Lipinski definition) is 3. The zero-order chi connectivity index (χ0) is 13.4. The molecule has 1 rings (SSSR count). The highest BCUT2D eigenvalue weighted by Gasteiger charge is 2.26. The maximum Gasteiger partial charge on any atom is 0.211 e. The second-order valence-electron chi connectivity index (χ2n) is 4.20. The van der Waals surface area contributed by atoms with Crippen molar-refractivity contribution in [3.8, 4) is 0 Å². The largest absolute Gasteiger partial charge is 0.303 e. The van der Waals surface area contributed by atoms with Gasteiger partial charge in [0.1, 0.15) is 6.29 Å². The Balaban J connectivity index is 2.92. The predicted molar refractivity (Wildman–Crippen MR) is 70.0 cm³/mol. The highest BCUT2D eigenvalue weighted by molar-refractivity contribution is 5.56. The number of hydrogen-bond donors (Lipinski definition) is 0. The molecular weight excluding hydrogens is 230 g/mol. The van der Waals surface area contributed by atoms with Crippen molar-refractivity contribution in [3.05, 3.63) is 58.7 Å². The topological polar surface area (TPSA) is 60.2 Å². The zero-order valence-corrected chi connectivity index (χ0v) is 10.2. The fourth-order valence-electron chi connectivity index (χ4n) is 2.02. The molecule has 18 heavy (non-hydrogen) atoms. The third-order valence-corrected chi connectivity index (χ3v) is 2.97. The average Bonchev–Trinajstić information content (AvgIpc) is 2.39. The number of allylic oxidation sites excluding steroid dienone is 1. The molecule has 0 fully saturated rings. The summed E-state index contributed by atoms with van der Waals surface area (Å²) in [7, 11) is 0. The summed E-state index contributed by atoms with van der Waals surface area (Å²) >= 11 is 0. The van der Waals surface area contributed by atoms with Gasteiger partial charge in [-0.2, -0.15) is 0 Å². The number of aldehydes is 1. The summed E-state index contributed by atoms with van der Waals surface area (Å²) in [5, 5.41) is 10.7. The number of carbonyl (C=O) groups excluding carboxylic acids is 1. The van der Waals surface area contributed by atoms with Gasteiger partial charge >= 0.3 is 0 Å². The molecule has 0 aliphatic heterocycles. The molecule has 0 saturated heterocycles. The van der Waals surface area contributed by atoms with Crippen LogP contribution in [-0.2, 0) is 4.79 Å². The van der Waals surface area contributed by atoms with Gasteiger partial charge in [-0.1, -0.05) is 36.4 Å². The molecule has 2 atom stereocenters. The van der Waals surface area contributed by atoms with Crippen LogP contribution in [0.15, 0.2) is 43.0 Å². The van der Waals surface area contributed by atoms with Gasteiger partial charge in [0.2, 0.25) is 6.54 Å². The Hall–Kier alpha value is -1.97. The second kappa shape index (κ2) is 7.37. The molecule has 0 bridgehead atoms. The molecule has 96 valence electrons. The third kappa shape index (κ3) is 4.13. The van der Waals surface area contributed by atoms with E-state index in [-0.39, 0.29) is 23.3 Å². The van der Waals surface area contributed by atoms with Crippen LogP contribution >= 0.6 is 0 Å². The lowest BCUT2D eigenvalue weighted by atomic mass is 9.84. The quantitative estimate of drug-likeness (QED) is 0.307. The summed E-state index contributed by atoms with van der Waals surface area (Å²) in [5.41, 5.74) is 0.843. The standard InChI is InChI=1S/C14H17NO3/c1-2-3-7-13(11-16)14(10-15(17)18)12-8-5-4-6-9-12/h2,4-6,8-9,11,13-14H,1,3,7,10H2/t13-,14+/m0/s1. The van der Waals surface area contributed by atoms with Gasteiger partial charge in [0.15, 0.2) is 0 Å². The third-order valence-electron chi connectivity index (χ3n) is 2.97. The van der Waals surface area contributed by atoms with Crippen molar-refractivity contribution in [2.75, 3.05) is 6.54 Å². The fraction of sp³-hybridized carbons (Fsp3) is 0.357. The monoisotopic (exact) mass is 247 g/mol. The van der Waals surface area contributed by atoms with E-state index in [2.05, 4.69) is 6.58 Å². The Bertz CT molecular complexity index is 403. The summed E-state index contributed by atoms with van der Waals surface area (Å²) in [6.07, 6.45) is 3.83. The van der Waals surface area contributed by atoms with Gasteiger partial charge in [0.25, 0.3) is 0 Å². The Labute approximate surface area is 106 Å². The molecule has 0 spiro atoms. The Morgan fingerprint density at radius 3 is 2.50 bits per heavy atom. The highest BCUT2D eigenvalue weighted by atomic mass is 16.6. The molecule has 4 nitrogen and oxygen atoms in total. The first-order valence-electron chi connectivity index (χ1n) is 5.92. The first kappa shape index (κ1) is 14.1. The summed E-state index contributed by atoms with van der Waals surface area (Å²) in [6, 6.07) is 9.18. The van der Waals surface area contributed by atoms with E-state index in [0.29, 0.717) is 12.8 Å². The van der Waals surface area contributed by atoms with Crippen molar-refractivity contribution < 1.29 is 9.72 Å². The lowest BCUT2D eigenvalue weighted by molar-refractivity contribution is -0.484. The molecule has 0 aliphatic rings. The molecule has 4 heteroatoms. The molecule has 1 aromatic carbocycles. The van der Waals surface area contributed by atoms with Crippen LogP contribution in [0.5, 0.6) is 0 Å². The maximum atomic E-state index is 11.2. The fourth-order valence-corrected chi connectivity index (χ4v) is 2.02. The number of benzene rings is 1. The molecule has 0 aliphatic carbocycles. The van der Waals surface area contributed by atoms with Crippen molar-refractivity contribution in [2.45, 2.75) is 18.8 Å². The van der Waals surface area contributed by atoms with E-state index in [1.54, 1.807) is 6.08 Å². The van der Waals surface area contributed by atoms with E-state index in [1.165, 1.54) is 0 Å². The van der Waals surface area contributed by atoms with E-state index < -0.39 is 0 Å². The van der Waals surface area contributed by atoms with Crippen LogP contribution in [0, 0.1) is 16.0 Å². The van der Waals surface area contributed by atoms with Crippen LogP contribution in [0.25, 0.3) is 0 Å². The van der Waals surface area contributed by atoms with Gasteiger partial charge < -0.3 is 4.79 Å². The van der Waals surface area contributed by atoms with Crippen LogP contribution in [0.4, 0.5) is 0 Å². The van der Waals surface area contributed by atoms with E-state index in [4.69, 9.17) is 0 Å². The van der Waals surface area contributed by atoms with Crippen molar-refractivity contribution in [1.82, 2.24) is 0 Å². The van der Waals surface area contributed by atoms with Gasteiger partial charge in [-0.05, 0) is 18.4 Å². The van der Waals surface area contributed by atoms with Gasteiger partial charge in [0, 0.05) is 10.8 Å². The van der Waals surface area contributed by atoms with Crippen molar-refractivity contribution in [1.29, 1.82) is 0 Å². The minimum Gasteiger partial charge on any atom is -0.303 e. The van der Waals surface area contributed by atoms with Crippen LogP contribution in [0.3, 0.4) is 0 Å². The highest BCUT2D eigenvalue weighted by Crippen LogP contribution is 2.27. The van der Waals surface area contributed by atoms with Crippen LogP contribution in [0.1, 0.15) is 24.3 Å². The zero-order valence-electron chi connectivity index (χ0n) is 10.2. The first-order valence-corrected chi connectivity index (χ1v) is 5.92. The first-order chi connectivity index (χ1) is 8.69. The summed E-state index contributed by atoms with van der Waals surface area (Å²) in [6.45, 7) is 3.39. The van der Waals surface area contributed by atoms with Gasteiger partial charge in [-0.25, -0.2) is 0 Å². The van der Waals surface area contributed by atoms with Gasteiger partial charge in [0.05, 0.1) is 5.92 Å².